The van der Waals surface area contributed by atoms with E-state index in [1.165, 1.54) is 10.9 Å². The Kier molecular flexibility index (Phi) is 2.91. The number of piperidine rings is 1. The standard InChI is InChI=1S/C16H22N2O/c1-15(2)10-16(11-19,7-8-18-15)13-9-17-14-6-4-3-5-12(13)14/h3-6,9,17-19H,7-8,10-11H2,1-2H3. The molecule has 1 aromatic heterocycles. The highest BCUT2D eigenvalue weighted by Gasteiger charge is 2.41. The molecule has 19 heavy (non-hydrogen) atoms. The molecule has 3 rings (SSSR count). The number of benzene rings is 1. The van der Waals surface area contributed by atoms with Crippen molar-refractivity contribution in [3.05, 3.63) is 36.0 Å². The minimum absolute atomic E-state index is 0.0688. The van der Waals surface area contributed by atoms with Crippen LogP contribution in [0.4, 0.5) is 0 Å². The number of hydrogen-bond donors (Lipinski definition) is 3. The Morgan fingerprint density at radius 2 is 2.05 bits per heavy atom. The predicted octanol–water partition coefficient (Wildman–Crippen LogP) is 2.56. The van der Waals surface area contributed by atoms with E-state index in [-0.39, 0.29) is 17.6 Å². The minimum Gasteiger partial charge on any atom is -0.395 e. The highest BCUT2D eigenvalue weighted by molar-refractivity contribution is 5.84. The lowest BCUT2D eigenvalue weighted by atomic mass is 9.68. The second-order valence-corrected chi connectivity index (χ2v) is 6.42. The van der Waals surface area contributed by atoms with E-state index in [9.17, 15) is 5.11 Å². The van der Waals surface area contributed by atoms with E-state index in [0.717, 1.165) is 24.9 Å². The quantitative estimate of drug-likeness (QED) is 0.775. The monoisotopic (exact) mass is 258 g/mol. The molecule has 3 N–H and O–H groups in total. The molecule has 0 aliphatic carbocycles. The van der Waals surface area contributed by atoms with Crippen LogP contribution in [-0.2, 0) is 5.41 Å². The molecule has 0 saturated carbocycles. The highest BCUT2D eigenvalue weighted by Crippen LogP contribution is 2.41. The molecule has 0 bridgehead atoms. The fraction of sp³-hybridized carbons (Fsp3) is 0.500. The first-order valence-electron chi connectivity index (χ1n) is 6.99. The third kappa shape index (κ3) is 2.07. The molecule has 1 aliphatic heterocycles. The number of rotatable bonds is 2. The van der Waals surface area contributed by atoms with Gasteiger partial charge in [-0.05, 0) is 44.9 Å². The molecule has 102 valence electrons. The zero-order chi connectivity index (χ0) is 13.5. The number of aliphatic hydroxyl groups is 1. The smallest absolute Gasteiger partial charge is 0.0529 e. The number of aromatic nitrogens is 1. The zero-order valence-electron chi connectivity index (χ0n) is 11.7. The van der Waals surface area contributed by atoms with Crippen molar-refractivity contribution < 1.29 is 5.11 Å². The maximum atomic E-state index is 10.1. The van der Waals surface area contributed by atoms with Crippen molar-refractivity contribution in [1.29, 1.82) is 0 Å². The molecule has 0 spiro atoms. The topological polar surface area (TPSA) is 48.0 Å². The van der Waals surface area contributed by atoms with Crippen LogP contribution in [0.3, 0.4) is 0 Å². The Morgan fingerprint density at radius 1 is 1.26 bits per heavy atom. The van der Waals surface area contributed by atoms with Crippen LogP contribution in [0.15, 0.2) is 30.5 Å². The lowest BCUT2D eigenvalue weighted by molar-refractivity contribution is 0.113. The number of fused-ring (bicyclic) bond motifs is 1. The molecule has 3 heteroatoms. The molecule has 3 nitrogen and oxygen atoms in total. The van der Waals surface area contributed by atoms with Gasteiger partial charge in [-0.2, -0.15) is 0 Å². The minimum atomic E-state index is -0.131. The molecule has 1 atom stereocenters. The van der Waals surface area contributed by atoms with E-state index in [0.29, 0.717) is 0 Å². The summed E-state index contributed by atoms with van der Waals surface area (Å²) in [5, 5.41) is 14.8. The number of aliphatic hydroxyl groups excluding tert-OH is 1. The summed E-state index contributed by atoms with van der Waals surface area (Å²) in [7, 11) is 0. The van der Waals surface area contributed by atoms with Gasteiger partial charge in [0.15, 0.2) is 0 Å². The molecular weight excluding hydrogens is 236 g/mol. The van der Waals surface area contributed by atoms with Crippen molar-refractivity contribution in [3.63, 3.8) is 0 Å². The molecule has 1 fully saturated rings. The molecule has 1 aliphatic rings. The summed E-state index contributed by atoms with van der Waals surface area (Å²) in [6.07, 6.45) is 4.02. The predicted molar refractivity (Wildman–Crippen MR) is 78.4 cm³/mol. The Bertz CT molecular complexity index is 587. The fourth-order valence-electron chi connectivity index (χ4n) is 3.60. The average molecular weight is 258 g/mol. The van der Waals surface area contributed by atoms with Gasteiger partial charge in [0.25, 0.3) is 0 Å². The van der Waals surface area contributed by atoms with E-state index in [2.05, 4.69) is 48.5 Å². The SMILES string of the molecule is CC1(C)CC(CO)(c2c[nH]c3ccccc23)CCN1. The summed E-state index contributed by atoms with van der Waals surface area (Å²) in [5.41, 5.74) is 2.36. The Labute approximate surface area is 114 Å². The number of hydrogen-bond acceptors (Lipinski definition) is 2. The zero-order valence-corrected chi connectivity index (χ0v) is 11.7. The van der Waals surface area contributed by atoms with Gasteiger partial charge in [0.2, 0.25) is 0 Å². The summed E-state index contributed by atoms with van der Waals surface area (Å²) in [4.78, 5) is 3.34. The van der Waals surface area contributed by atoms with Crippen LogP contribution in [-0.4, -0.2) is 28.8 Å². The van der Waals surface area contributed by atoms with Gasteiger partial charge in [-0.25, -0.2) is 0 Å². The van der Waals surface area contributed by atoms with Gasteiger partial charge in [-0.15, -0.1) is 0 Å². The van der Waals surface area contributed by atoms with Crippen molar-refractivity contribution >= 4 is 10.9 Å². The van der Waals surface area contributed by atoms with Crippen LogP contribution < -0.4 is 5.32 Å². The first-order chi connectivity index (χ1) is 9.06. The van der Waals surface area contributed by atoms with Crippen molar-refractivity contribution in [2.45, 2.75) is 37.6 Å². The normalized spacial score (nSPS) is 26.7. The molecule has 2 aromatic rings. The van der Waals surface area contributed by atoms with Crippen LogP contribution in [0.1, 0.15) is 32.3 Å². The van der Waals surface area contributed by atoms with Crippen molar-refractivity contribution in [2.24, 2.45) is 0 Å². The van der Waals surface area contributed by atoms with Crippen LogP contribution in [0.25, 0.3) is 10.9 Å². The van der Waals surface area contributed by atoms with E-state index in [1.807, 2.05) is 6.07 Å². The van der Waals surface area contributed by atoms with Gasteiger partial charge < -0.3 is 15.4 Å². The fourth-order valence-corrected chi connectivity index (χ4v) is 3.60. The third-order valence-corrected chi connectivity index (χ3v) is 4.45. The van der Waals surface area contributed by atoms with Gasteiger partial charge in [0, 0.05) is 28.1 Å². The van der Waals surface area contributed by atoms with Crippen LogP contribution >= 0.6 is 0 Å². The van der Waals surface area contributed by atoms with Crippen molar-refractivity contribution in [2.75, 3.05) is 13.2 Å². The van der Waals surface area contributed by atoms with E-state index < -0.39 is 0 Å². The molecular formula is C16H22N2O. The molecule has 1 unspecified atom stereocenters. The first kappa shape index (κ1) is 12.7. The molecule has 1 aromatic carbocycles. The second kappa shape index (κ2) is 4.36. The average Bonchev–Trinajstić information content (AvgIpc) is 2.81. The molecule has 2 heterocycles. The Hall–Kier alpha value is -1.32. The van der Waals surface area contributed by atoms with Gasteiger partial charge >= 0.3 is 0 Å². The molecule has 0 amide bonds. The van der Waals surface area contributed by atoms with E-state index in [4.69, 9.17) is 0 Å². The lowest BCUT2D eigenvalue weighted by Gasteiger charge is -2.45. The van der Waals surface area contributed by atoms with E-state index in [1.54, 1.807) is 0 Å². The maximum Gasteiger partial charge on any atom is 0.0529 e. The summed E-state index contributed by atoms with van der Waals surface area (Å²) < 4.78 is 0. The van der Waals surface area contributed by atoms with Gasteiger partial charge in [0.05, 0.1) is 6.61 Å². The van der Waals surface area contributed by atoms with E-state index >= 15 is 0 Å². The number of para-hydroxylation sites is 1. The maximum absolute atomic E-state index is 10.1. The summed E-state index contributed by atoms with van der Waals surface area (Å²) in [6.45, 7) is 5.59. The molecule has 1 saturated heterocycles. The Morgan fingerprint density at radius 3 is 2.79 bits per heavy atom. The Balaban J connectivity index is 2.11. The number of aromatic amines is 1. The van der Waals surface area contributed by atoms with Crippen LogP contribution in [0, 0.1) is 0 Å². The molecule has 0 radical (unpaired) electrons. The van der Waals surface area contributed by atoms with Gasteiger partial charge in [-0.1, -0.05) is 18.2 Å². The first-order valence-corrected chi connectivity index (χ1v) is 6.99. The van der Waals surface area contributed by atoms with Gasteiger partial charge in [0.1, 0.15) is 0 Å². The van der Waals surface area contributed by atoms with Crippen molar-refractivity contribution in [3.8, 4) is 0 Å². The highest BCUT2D eigenvalue weighted by atomic mass is 16.3. The van der Waals surface area contributed by atoms with Crippen LogP contribution in [0.5, 0.6) is 0 Å². The van der Waals surface area contributed by atoms with Crippen molar-refractivity contribution in [1.82, 2.24) is 10.3 Å². The summed E-state index contributed by atoms with van der Waals surface area (Å²) >= 11 is 0. The summed E-state index contributed by atoms with van der Waals surface area (Å²) in [6, 6.07) is 8.35. The van der Waals surface area contributed by atoms with Crippen LogP contribution in [0.2, 0.25) is 0 Å². The summed E-state index contributed by atoms with van der Waals surface area (Å²) in [5.74, 6) is 0. The second-order valence-electron chi connectivity index (χ2n) is 6.42. The number of H-pyrrole nitrogens is 1. The lowest BCUT2D eigenvalue weighted by Crippen LogP contribution is -2.53. The largest absolute Gasteiger partial charge is 0.395 e. The third-order valence-electron chi connectivity index (χ3n) is 4.45. The van der Waals surface area contributed by atoms with Gasteiger partial charge in [-0.3, -0.25) is 0 Å². The number of nitrogens with one attached hydrogen (secondary N) is 2.